The summed E-state index contributed by atoms with van der Waals surface area (Å²) in [5.74, 6) is -0.234. The Kier molecular flexibility index (Phi) is 4.07. The number of hydrogen-bond donors (Lipinski definition) is 0. The maximum atomic E-state index is 13.7. The molecular formula is C20H13ClF2N6. The predicted octanol–water partition coefficient (Wildman–Crippen LogP) is 5.28. The molecule has 4 aromatic rings. The zero-order valence-corrected chi connectivity index (χ0v) is 15.7. The minimum Gasteiger partial charge on any atom is -0.360 e. The molecule has 0 radical (unpaired) electrons. The average molecular weight is 411 g/mol. The molecule has 1 aliphatic carbocycles. The van der Waals surface area contributed by atoms with Crippen LogP contribution in [0.1, 0.15) is 18.9 Å². The van der Waals surface area contributed by atoms with Crippen LogP contribution in [0.15, 0.2) is 42.9 Å². The molecule has 3 heterocycles. The summed E-state index contributed by atoms with van der Waals surface area (Å²) in [6.07, 6.45) is 3.06. The van der Waals surface area contributed by atoms with Crippen LogP contribution in [0.25, 0.3) is 33.1 Å². The second-order valence-electron chi connectivity index (χ2n) is 6.92. The van der Waals surface area contributed by atoms with E-state index < -0.39 is 12.0 Å². The monoisotopic (exact) mass is 410 g/mol. The highest BCUT2D eigenvalue weighted by Crippen LogP contribution is 2.41. The first-order valence-electron chi connectivity index (χ1n) is 8.94. The van der Waals surface area contributed by atoms with E-state index in [4.69, 9.17) is 18.2 Å². The Balaban J connectivity index is 1.72. The highest BCUT2D eigenvalue weighted by atomic mass is 35.5. The first-order valence-corrected chi connectivity index (χ1v) is 9.32. The van der Waals surface area contributed by atoms with Gasteiger partial charge in [0, 0.05) is 17.7 Å². The molecule has 6 nitrogen and oxygen atoms in total. The van der Waals surface area contributed by atoms with Gasteiger partial charge in [0.25, 0.3) is 5.82 Å². The number of nitrogens with zero attached hydrogens (tertiary/aromatic N) is 6. The van der Waals surface area contributed by atoms with Gasteiger partial charge < -0.3 is 9.41 Å². The number of halogens is 3. The smallest absolute Gasteiger partial charge is 0.275 e. The van der Waals surface area contributed by atoms with Gasteiger partial charge in [0.15, 0.2) is 0 Å². The molecule has 0 atom stereocenters. The van der Waals surface area contributed by atoms with Gasteiger partial charge in [-0.25, -0.2) is 18.7 Å². The fourth-order valence-corrected chi connectivity index (χ4v) is 3.74. The molecule has 1 saturated carbocycles. The van der Waals surface area contributed by atoms with Gasteiger partial charge in [0.05, 0.1) is 28.9 Å². The van der Waals surface area contributed by atoms with Crippen molar-refractivity contribution >= 4 is 23.1 Å². The van der Waals surface area contributed by atoms with Crippen molar-refractivity contribution in [2.45, 2.75) is 25.1 Å². The lowest BCUT2D eigenvalue weighted by atomic mass is 9.90. The summed E-state index contributed by atoms with van der Waals surface area (Å²) in [5.41, 5.74) is 2.95. The molecule has 0 aliphatic heterocycles. The third kappa shape index (κ3) is 2.86. The van der Waals surface area contributed by atoms with E-state index in [1.54, 1.807) is 24.5 Å². The van der Waals surface area contributed by atoms with Gasteiger partial charge in [0.2, 0.25) is 5.65 Å². The molecule has 0 amide bonds. The Labute approximate surface area is 169 Å². The zero-order valence-electron chi connectivity index (χ0n) is 14.9. The molecule has 9 heteroatoms. The number of aromatic nitrogens is 5. The Morgan fingerprint density at radius 1 is 1.17 bits per heavy atom. The number of rotatable bonds is 3. The largest absolute Gasteiger partial charge is 0.360 e. The van der Waals surface area contributed by atoms with Gasteiger partial charge in [-0.3, -0.25) is 0 Å². The van der Waals surface area contributed by atoms with Crippen LogP contribution in [0, 0.1) is 12.4 Å². The summed E-state index contributed by atoms with van der Waals surface area (Å²) in [6, 6.07) is 7.88. The maximum Gasteiger partial charge on any atom is 0.275 e. The third-order valence-electron chi connectivity index (χ3n) is 5.14. The quantitative estimate of drug-likeness (QED) is 0.432. The van der Waals surface area contributed by atoms with E-state index in [-0.39, 0.29) is 16.9 Å². The van der Waals surface area contributed by atoms with Crippen molar-refractivity contribution in [2.75, 3.05) is 0 Å². The minimum absolute atomic E-state index is 0.0104. The first-order chi connectivity index (χ1) is 14.0. The summed E-state index contributed by atoms with van der Waals surface area (Å²) in [6.45, 7) is 7.29. The Hall–Kier alpha value is -3.31. The molecular weight excluding hydrogens is 398 g/mol. The maximum absolute atomic E-state index is 13.7. The van der Waals surface area contributed by atoms with E-state index in [0.29, 0.717) is 41.1 Å². The zero-order chi connectivity index (χ0) is 20.1. The first kappa shape index (κ1) is 17.8. The lowest BCUT2D eigenvalue weighted by Gasteiger charge is -2.31. The van der Waals surface area contributed by atoms with Crippen molar-refractivity contribution in [1.82, 2.24) is 24.1 Å². The second-order valence-corrected chi connectivity index (χ2v) is 7.32. The van der Waals surface area contributed by atoms with Gasteiger partial charge in [-0.2, -0.15) is 0 Å². The normalized spacial score (nSPS) is 18.6. The minimum atomic E-state index is -0.836. The molecule has 1 aromatic carbocycles. The van der Waals surface area contributed by atoms with E-state index in [9.17, 15) is 8.78 Å². The van der Waals surface area contributed by atoms with E-state index >= 15 is 0 Å². The molecule has 0 N–H and O–H groups in total. The second kappa shape index (κ2) is 6.64. The molecule has 3 aromatic heterocycles. The SMILES string of the molecule is [C-]#[N+]c1cnc2ccc(-c3c(-c4ccc(F)c(Cl)c4)ncn3C3CC(F)C3)nn12. The topological polar surface area (TPSA) is 52.4 Å². The summed E-state index contributed by atoms with van der Waals surface area (Å²) in [4.78, 5) is 12.1. The Bertz CT molecular complexity index is 1280. The molecule has 1 fully saturated rings. The number of imidazole rings is 2. The van der Waals surface area contributed by atoms with E-state index in [1.807, 2.05) is 4.57 Å². The van der Waals surface area contributed by atoms with Gasteiger partial charge in [-0.15, -0.1) is 4.52 Å². The van der Waals surface area contributed by atoms with Crippen molar-refractivity contribution in [1.29, 1.82) is 0 Å². The van der Waals surface area contributed by atoms with Crippen LogP contribution in [0.4, 0.5) is 14.6 Å². The predicted molar refractivity (Wildman–Crippen MR) is 104 cm³/mol. The van der Waals surface area contributed by atoms with Crippen LogP contribution >= 0.6 is 11.6 Å². The van der Waals surface area contributed by atoms with Crippen LogP contribution in [-0.4, -0.2) is 30.3 Å². The molecule has 5 rings (SSSR count). The van der Waals surface area contributed by atoms with Crippen LogP contribution in [0.5, 0.6) is 0 Å². The molecule has 29 heavy (non-hydrogen) atoms. The lowest BCUT2D eigenvalue weighted by molar-refractivity contribution is 0.138. The summed E-state index contributed by atoms with van der Waals surface area (Å²) in [5, 5.41) is 4.56. The van der Waals surface area contributed by atoms with Gasteiger partial charge in [-0.1, -0.05) is 23.3 Å². The highest BCUT2D eigenvalue weighted by Gasteiger charge is 2.33. The summed E-state index contributed by atoms with van der Waals surface area (Å²) in [7, 11) is 0. The highest BCUT2D eigenvalue weighted by molar-refractivity contribution is 6.31. The van der Waals surface area contributed by atoms with Crippen molar-refractivity contribution < 1.29 is 8.78 Å². The Morgan fingerprint density at radius 2 is 2.00 bits per heavy atom. The lowest BCUT2D eigenvalue weighted by Crippen LogP contribution is -2.28. The number of alkyl halides is 1. The van der Waals surface area contributed by atoms with Crippen molar-refractivity contribution in [3.8, 4) is 22.6 Å². The van der Waals surface area contributed by atoms with Crippen LogP contribution in [0.3, 0.4) is 0 Å². The summed E-state index contributed by atoms with van der Waals surface area (Å²) >= 11 is 5.97. The molecule has 0 bridgehead atoms. The molecule has 144 valence electrons. The van der Waals surface area contributed by atoms with Gasteiger partial charge in [-0.05, 0) is 37.1 Å². The third-order valence-corrected chi connectivity index (χ3v) is 5.43. The van der Waals surface area contributed by atoms with Crippen LogP contribution in [0.2, 0.25) is 5.02 Å². The molecule has 1 aliphatic rings. The molecule has 0 spiro atoms. The van der Waals surface area contributed by atoms with Crippen molar-refractivity contribution in [3.63, 3.8) is 0 Å². The molecule has 0 unspecified atom stereocenters. The number of hydrogen-bond acceptors (Lipinski definition) is 3. The fourth-order valence-electron chi connectivity index (χ4n) is 3.56. The van der Waals surface area contributed by atoms with Gasteiger partial charge >= 0.3 is 0 Å². The van der Waals surface area contributed by atoms with Crippen LogP contribution in [-0.2, 0) is 0 Å². The van der Waals surface area contributed by atoms with Crippen molar-refractivity contribution in [3.05, 3.63) is 65.1 Å². The fraction of sp³-hybridized carbons (Fsp3) is 0.200. The van der Waals surface area contributed by atoms with E-state index in [2.05, 4.69) is 19.9 Å². The standard InChI is InChI=1S/C20H13ClF2N6/c1-24-18-9-25-17-5-4-16(27-29(17)18)20-19(11-2-3-15(23)14(21)6-11)26-10-28(20)13-7-12(22)8-13/h2-6,9-10,12-13H,7-8H2. The summed E-state index contributed by atoms with van der Waals surface area (Å²) < 4.78 is 30.5. The number of benzene rings is 1. The number of fused-ring (bicyclic) bond motifs is 1. The van der Waals surface area contributed by atoms with Gasteiger partial charge in [0.1, 0.15) is 17.7 Å². The Morgan fingerprint density at radius 3 is 2.72 bits per heavy atom. The van der Waals surface area contributed by atoms with E-state index in [1.165, 1.54) is 22.8 Å². The van der Waals surface area contributed by atoms with Crippen molar-refractivity contribution in [2.24, 2.45) is 0 Å². The average Bonchev–Trinajstić information content (AvgIpc) is 3.31. The molecule has 0 saturated heterocycles. The van der Waals surface area contributed by atoms with E-state index in [0.717, 1.165) is 0 Å². The van der Waals surface area contributed by atoms with Crippen LogP contribution < -0.4 is 0 Å².